The molecule has 0 bridgehead atoms. The average molecular weight is 600 g/mol. The van der Waals surface area contributed by atoms with E-state index >= 15 is 0 Å². The summed E-state index contributed by atoms with van der Waals surface area (Å²) < 4.78 is 0.881. The fourth-order valence-electron chi connectivity index (χ4n) is 6.60. The topological polar surface area (TPSA) is 30.0 Å². The molecule has 0 aliphatic heterocycles. The van der Waals surface area contributed by atoms with Gasteiger partial charge < -0.3 is 4.48 Å². The summed E-state index contributed by atoms with van der Waals surface area (Å²) in [5.41, 5.74) is 0.633. The number of hydrogen-bond donors (Lipinski definition) is 0. The van der Waals surface area contributed by atoms with Gasteiger partial charge in [0.1, 0.15) is 12.2 Å². The van der Waals surface area contributed by atoms with Crippen molar-refractivity contribution in [3.8, 4) is 0 Å². The molecular formula is C40H75N2O+. The van der Waals surface area contributed by atoms with Gasteiger partial charge >= 0.3 is 0 Å². The van der Waals surface area contributed by atoms with Crippen molar-refractivity contribution in [2.75, 3.05) is 26.7 Å². The smallest absolute Gasteiger partial charge is 0.235 e. The fourth-order valence-corrected chi connectivity index (χ4v) is 6.60. The Bertz CT molecular complexity index is 686. The molecule has 0 aromatic carbocycles. The predicted molar refractivity (Wildman–Crippen MR) is 190 cm³/mol. The van der Waals surface area contributed by atoms with Crippen molar-refractivity contribution in [2.45, 2.75) is 194 Å². The molecule has 250 valence electrons. The second-order valence-electron chi connectivity index (χ2n) is 14.1. The Morgan fingerprint density at radius 3 is 1.14 bits per heavy atom. The van der Waals surface area contributed by atoms with E-state index in [0.717, 1.165) is 17.6 Å². The molecule has 43 heavy (non-hydrogen) atoms. The predicted octanol–water partition coefficient (Wildman–Crippen LogP) is 12.7. The summed E-state index contributed by atoms with van der Waals surface area (Å²) in [6.45, 7) is 7.42. The van der Waals surface area contributed by atoms with Gasteiger partial charge in [0.25, 0.3) is 0 Å². The summed E-state index contributed by atoms with van der Waals surface area (Å²) in [6.07, 6.45) is 40.7. The minimum atomic E-state index is 0.207. The van der Waals surface area contributed by atoms with Crippen molar-refractivity contribution in [3.63, 3.8) is 0 Å². The lowest BCUT2D eigenvalue weighted by atomic mass is 10.0. The zero-order valence-corrected chi connectivity index (χ0v) is 29.5. The Hall–Kier alpha value is -1.22. The van der Waals surface area contributed by atoms with E-state index in [-0.39, 0.29) is 5.78 Å². The van der Waals surface area contributed by atoms with E-state index in [1.165, 1.54) is 180 Å². The highest BCUT2D eigenvalue weighted by Gasteiger charge is 2.26. The van der Waals surface area contributed by atoms with Crippen molar-refractivity contribution in [1.29, 1.82) is 0 Å². The van der Waals surface area contributed by atoms with E-state index in [0.29, 0.717) is 12.2 Å². The first-order valence-electron chi connectivity index (χ1n) is 19.4. The van der Waals surface area contributed by atoms with Crippen molar-refractivity contribution in [2.24, 2.45) is 0 Å². The number of nitrogens with zero attached hydrogens (tertiary/aromatic N) is 2. The Morgan fingerprint density at radius 1 is 0.512 bits per heavy atom. The van der Waals surface area contributed by atoms with Gasteiger partial charge in [0.15, 0.2) is 0 Å². The fraction of sp³-hybridized carbons (Fsp3) is 0.850. The van der Waals surface area contributed by atoms with Crippen LogP contribution in [0.1, 0.15) is 204 Å². The maximum Gasteiger partial charge on any atom is 0.235 e. The van der Waals surface area contributed by atoms with Crippen molar-refractivity contribution < 1.29 is 9.28 Å². The van der Waals surface area contributed by atoms with Crippen molar-refractivity contribution >= 4 is 5.78 Å². The highest BCUT2D eigenvalue weighted by atomic mass is 16.1. The first-order valence-corrected chi connectivity index (χ1v) is 19.4. The second-order valence-corrected chi connectivity index (χ2v) is 14.1. The van der Waals surface area contributed by atoms with Crippen LogP contribution in [0.2, 0.25) is 0 Å². The summed E-state index contributed by atoms with van der Waals surface area (Å²) in [5.74, 6) is 0.207. The van der Waals surface area contributed by atoms with Gasteiger partial charge in [-0.2, -0.15) is 0 Å². The van der Waals surface area contributed by atoms with Gasteiger partial charge in [0.05, 0.1) is 20.1 Å². The molecule has 1 aromatic heterocycles. The summed E-state index contributed by atoms with van der Waals surface area (Å²) in [7, 11) is 2.32. The number of pyridine rings is 1. The molecule has 0 unspecified atom stereocenters. The molecule has 0 amide bonds. The van der Waals surface area contributed by atoms with Crippen LogP contribution in [0.4, 0.5) is 0 Å². The number of carbonyl (C=O) groups is 1. The van der Waals surface area contributed by atoms with Gasteiger partial charge in [-0.25, -0.2) is 0 Å². The molecule has 0 fully saturated rings. The van der Waals surface area contributed by atoms with Crippen LogP contribution >= 0.6 is 0 Å². The van der Waals surface area contributed by atoms with Gasteiger partial charge in [0.2, 0.25) is 5.78 Å². The number of unbranched alkanes of at least 4 members (excludes halogenated alkanes) is 26. The molecule has 0 N–H and O–H groups in total. The standard InChI is InChI=1S/C40H75N2O/c1-4-6-8-10-12-14-16-18-20-22-24-26-28-32-36-42(3,38-40(43)39-34-30-31-35-41-39)37-33-29-27-25-23-21-19-17-15-13-11-9-7-5-2/h30-31,34-35H,4-29,32-33,36-38H2,1-3H3/q+1. The van der Waals surface area contributed by atoms with Gasteiger partial charge in [-0.1, -0.05) is 174 Å². The third-order valence-electron chi connectivity index (χ3n) is 9.58. The van der Waals surface area contributed by atoms with Crippen LogP contribution in [0.15, 0.2) is 24.4 Å². The molecule has 3 nitrogen and oxygen atoms in total. The van der Waals surface area contributed by atoms with Crippen LogP contribution in [0.3, 0.4) is 0 Å². The first kappa shape index (κ1) is 39.8. The summed E-state index contributed by atoms with van der Waals surface area (Å²) in [5, 5.41) is 0. The molecule has 0 atom stereocenters. The van der Waals surface area contributed by atoms with Crippen molar-refractivity contribution in [1.82, 2.24) is 4.98 Å². The van der Waals surface area contributed by atoms with Gasteiger partial charge in [-0.3, -0.25) is 9.78 Å². The monoisotopic (exact) mass is 600 g/mol. The molecule has 0 aliphatic carbocycles. The average Bonchev–Trinajstić information content (AvgIpc) is 3.02. The van der Waals surface area contributed by atoms with Crippen LogP contribution in [-0.2, 0) is 0 Å². The van der Waals surface area contributed by atoms with E-state index < -0.39 is 0 Å². The first-order chi connectivity index (χ1) is 21.1. The molecular weight excluding hydrogens is 524 g/mol. The molecule has 1 heterocycles. The second kappa shape index (κ2) is 29.5. The molecule has 0 aliphatic rings. The van der Waals surface area contributed by atoms with Crippen LogP contribution in [-0.4, -0.2) is 41.9 Å². The maximum absolute atomic E-state index is 13.1. The zero-order chi connectivity index (χ0) is 31.1. The number of ketones is 1. The minimum absolute atomic E-state index is 0.207. The zero-order valence-electron chi connectivity index (χ0n) is 29.5. The number of carbonyl (C=O) groups excluding carboxylic acids is 1. The van der Waals surface area contributed by atoms with E-state index in [9.17, 15) is 4.79 Å². The number of aromatic nitrogens is 1. The number of quaternary nitrogens is 1. The normalized spacial score (nSPS) is 11.8. The lowest BCUT2D eigenvalue weighted by Gasteiger charge is -2.34. The lowest BCUT2D eigenvalue weighted by Crippen LogP contribution is -2.49. The summed E-state index contributed by atoms with van der Waals surface area (Å²) in [6, 6.07) is 5.71. The minimum Gasteiger partial charge on any atom is -0.320 e. The Labute approximate surface area is 270 Å². The quantitative estimate of drug-likeness (QED) is 0.0457. The van der Waals surface area contributed by atoms with E-state index in [2.05, 4.69) is 25.9 Å². The lowest BCUT2D eigenvalue weighted by molar-refractivity contribution is -0.902. The molecule has 1 rings (SSSR count). The van der Waals surface area contributed by atoms with Crippen LogP contribution in [0.25, 0.3) is 0 Å². The van der Waals surface area contributed by atoms with Crippen LogP contribution in [0, 0.1) is 0 Å². The van der Waals surface area contributed by atoms with E-state index in [1.54, 1.807) is 6.20 Å². The van der Waals surface area contributed by atoms with Crippen LogP contribution < -0.4 is 0 Å². The van der Waals surface area contributed by atoms with E-state index in [1.807, 2.05) is 18.2 Å². The Kier molecular flexibility index (Phi) is 27.3. The molecule has 0 radical (unpaired) electrons. The molecule has 0 spiro atoms. The van der Waals surface area contributed by atoms with Gasteiger partial charge in [-0.05, 0) is 37.8 Å². The van der Waals surface area contributed by atoms with E-state index in [4.69, 9.17) is 0 Å². The molecule has 0 saturated carbocycles. The number of rotatable bonds is 33. The van der Waals surface area contributed by atoms with Crippen LogP contribution in [0.5, 0.6) is 0 Å². The van der Waals surface area contributed by atoms with Crippen molar-refractivity contribution in [3.05, 3.63) is 30.1 Å². The highest BCUT2D eigenvalue weighted by Crippen LogP contribution is 2.17. The molecule has 0 saturated heterocycles. The van der Waals surface area contributed by atoms with Gasteiger partial charge in [-0.15, -0.1) is 0 Å². The maximum atomic E-state index is 13.1. The Balaban J connectivity index is 2.19. The number of Topliss-reactive ketones (excluding diaryl/α,β-unsaturated/α-hetero) is 1. The third kappa shape index (κ3) is 24.7. The molecule has 3 heteroatoms. The number of likely N-dealkylation sites (N-methyl/N-ethyl adjacent to an activating group) is 1. The summed E-state index contributed by atoms with van der Waals surface area (Å²) >= 11 is 0. The third-order valence-corrected chi connectivity index (χ3v) is 9.58. The molecule has 1 aromatic rings. The largest absolute Gasteiger partial charge is 0.320 e. The highest BCUT2D eigenvalue weighted by molar-refractivity contribution is 5.95. The summed E-state index contributed by atoms with van der Waals surface area (Å²) in [4.78, 5) is 17.4. The number of hydrogen-bond acceptors (Lipinski definition) is 2. The Morgan fingerprint density at radius 2 is 0.837 bits per heavy atom. The van der Waals surface area contributed by atoms with Gasteiger partial charge in [0, 0.05) is 6.20 Å². The SMILES string of the molecule is CCCCCCCCCCCCCCCC[N+](C)(CCCCCCCCCCCCCCCC)CC(=O)c1ccccn1.